The summed E-state index contributed by atoms with van der Waals surface area (Å²) >= 11 is 0. The Morgan fingerprint density at radius 2 is 2.42 bits per heavy atom. The Morgan fingerprint density at radius 3 is 2.92 bits per heavy atom. The van der Waals surface area contributed by atoms with Crippen LogP contribution in [0.15, 0.2) is 18.5 Å². The van der Waals surface area contributed by atoms with Crippen LogP contribution in [-0.2, 0) is 17.9 Å². The molecule has 12 heavy (non-hydrogen) atoms. The van der Waals surface area contributed by atoms with Crippen LogP contribution in [0.25, 0.3) is 0 Å². The Bertz CT molecular complexity index is 268. The van der Waals surface area contributed by atoms with E-state index >= 15 is 0 Å². The van der Waals surface area contributed by atoms with E-state index in [1.54, 1.807) is 12.3 Å². The zero-order valence-corrected chi connectivity index (χ0v) is 6.73. The first-order valence-corrected chi connectivity index (χ1v) is 3.76. The maximum atomic E-state index is 10.4. The number of aliphatic hydroxyl groups excluding tert-OH is 1. The van der Waals surface area contributed by atoms with Crippen LogP contribution in [-0.4, -0.2) is 15.6 Å². The molecule has 3 N–H and O–H groups in total. The second-order valence-electron chi connectivity index (χ2n) is 2.63. The molecule has 66 valence electrons. The number of carbonyl (C=O) groups is 1. The molecule has 0 atom stereocenters. The molecule has 4 heteroatoms. The molecule has 0 fully saturated rings. The third kappa shape index (κ3) is 2.39. The lowest BCUT2D eigenvalue weighted by Crippen LogP contribution is -2.13. The van der Waals surface area contributed by atoms with E-state index in [4.69, 9.17) is 10.8 Å². The van der Waals surface area contributed by atoms with Crippen LogP contribution in [0.1, 0.15) is 12.0 Å². The second-order valence-corrected chi connectivity index (χ2v) is 2.63. The van der Waals surface area contributed by atoms with Crippen LogP contribution in [0.4, 0.5) is 0 Å². The first-order chi connectivity index (χ1) is 5.72. The minimum atomic E-state index is -0.311. The lowest BCUT2D eigenvalue weighted by atomic mass is 10.4. The fourth-order valence-corrected chi connectivity index (χ4v) is 0.962. The van der Waals surface area contributed by atoms with Gasteiger partial charge in [0.25, 0.3) is 0 Å². The average Bonchev–Trinajstić information content (AvgIpc) is 2.48. The fourth-order valence-electron chi connectivity index (χ4n) is 0.962. The lowest BCUT2D eigenvalue weighted by molar-refractivity contribution is -0.118. The highest BCUT2D eigenvalue weighted by atomic mass is 16.3. The van der Waals surface area contributed by atoms with E-state index in [-0.39, 0.29) is 12.5 Å². The molecule has 0 aliphatic carbocycles. The van der Waals surface area contributed by atoms with Gasteiger partial charge in [0.1, 0.15) is 0 Å². The van der Waals surface area contributed by atoms with Crippen LogP contribution < -0.4 is 5.73 Å². The van der Waals surface area contributed by atoms with Gasteiger partial charge >= 0.3 is 0 Å². The summed E-state index contributed by atoms with van der Waals surface area (Å²) in [4.78, 5) is 10.4. The number of aryl methyl sites for hydroxylation is 1. The van der Waals surface area contributed by atoms with Gasteiger partial charge in [0, 0.05) is 25.4 Å². The summed E-state index contributed by atoms with van der Waals surface area (Å²) in [5.41, 5.74) is 5.82. The number of amides is 1. The Morgan fingerprint density at radius 1 is 1.67 bits per heavy atom. The maximum absolute atomic E-state index is 10.4. The van der Waals surface area contributed by atoms with Gasteiger partial charge in [0.2, 0.25) is 5.91 Å². The van der Waals surface area contributed by atoms with Crippen LogP contribution in [0.3, 0.4) is 0 Å². The van der Waals surface area contributed by atoms with Gasteiger partial charge in [0.15, 0.2) is 0 Å². The van der Waals surface area contributed by atoms with Gasteiger partial charge in [-0.05, 0) is 11.6 Å². The fraction of sp³-hybridized carbons (Fsp3) is 0.375. The number of nitrogens with zero attached hydrogens (tertiary/aromatic N) is 1. The molecule has 0 bridgehead atoms. The van der Waals surface area contributed by atoms with Crippen molar-refractivity contribution in [3.8, 4) is 0 Å². The number of rotatable bonds is 4. The summed E-state index contributed by atoms with van der Waals surface area (Å²) in [6.45, 7) is 0.610. The van der Waals surface area contributed by atoms with Crippen molar-refractivity contribution in [1.29, 1.82) is 0 Å². The predicted octanol–water partition coefficient (Wildman–Crippen LogP) is -0.144. The molecule has 0 radical (unpaired) electrons. The second kappa shape index (κ2) is 3.92. The number of nitrogens with two attached hydrogens (primary N) is 1. The van der Waals surface area contributed by atoms with E-state index < -0.39 is 0 Å². The highest BCUT2D eigenvalue weighted by molar-refractivity contribution is 5.73. The number of carbonyl (C=O) groups excluding carboxylic acids is 1. The van der Waals surface area contributed by atoms with Crippen molar-refractivity contribution in [2.75, 3.05) is 0 Å². The molecule has 0 aromatic carbocycles. The molecule has 0 saturated heterocycles. The van der Waals surface area contributed by atoms with E-state index in [9.17, 15) is 4.79 Å². The van der Waals surface area contributed by atoms with Gasteiger partial charge in [0.05, 0.1) is 6.61 Å². The topological polar surface area (TPSA) is 68.2 Å². The van der Waals surface area contributed by atoms with Crippen molar-refractivity contribution in [3.05, 3.63) is 24.0 Å². The molecule has 0 aliphatic rings. The summed E-state index contributed by atoms with van der Waals surface area (Å²) in [5.74, 6) is -0.311. The van der Waals surface area contributed by atoms with Gasteiger partial charge in [-0.2, -0.15) is 0 Å². The monoisotopic (exact) mass is 168 g/mol. The lowest BCUT2D eigenvalue weighted by Gasteiger charge is -1.98. The van der Waals surface area contributed by atoms with Crippen LogP contribution in [0.5, 0.6) is 0 Å². The Kier molecular flexibility index (Phi) is 2.88. The van der Waals surface area contributed by atoms with Gasteiger partial charge in [-0.25, -0.2) is 0 Å². The van der Waals surface area contributed by atoms with E-state index in [1.807, 2.05) is 10.8 Å². The first kappa shape index (κ1) is 8.80. The standard InChI is InChI=1S/C8H12N2O2/c9-8(12)2-4-10-3-1-7(5-10)6-11/h1,3,5,11H,2,4,6H2,(H2,9,12). The molecular formula is C8H12N2O2. The summed E-state index contributed by atoms with van der Waals surface area (Å²) in [5, 5.41) is 8.72. The van der Waals surface area contributed by atoms with Crippen LogP contribution in [0.2, 0.25) is 0 Å². The van der Waals surface area contributed by atoms with Crippen LogP contribution >= 0.6 is 0 Å². The highest BCUT2D eigenvalue weighted by Gasteiger charge is 1.97. The van der Waals surface area contributed by atoms with Crippen molar-refractivity contribution in [2.45, 2.75) is 19.6 Å². The maximum Gasteiger partial charge on any atom is 0.219 e. The Labute approximate surface area is 70.6 Å². The first-order valence-electron chi connectivity index (χ1n) is 3.76. The molecule has 1 amide bonds. The summed E-state index contributed by atoms with van der Waals surface area (Å²) < 4.78 is 1.83. The van der Waals surface area contributed by atoms with E-state index in [1.165, 1.54) is 0 Å². The van der Waals surface area contributed by atoms with Crippen molar-refractivity contribution in [1.82, 2.24) is 4.57 Å². The number of hydrogen-bond acceptors (Lipinski definition) is 2. The van der Waals surface area contributed by atoms with Gasteiger partial charge in [-0.15, -0.1) is 0 Å². The Balaban J connectivity index is 2.47. The van der Waals surface area contributed by atoms with Crippen molar-refractivity contribution in [3.63, 3.8) is 0 Å². The third-order valence-electron chi connectivity index (χ3n) is 1.61. The van der Waals surface area contributed by atoms with Crippen LogP contribution in [0, 0.1) is 0 Å². The number of primary amides is 1. The minimum absolute atomic E-state index is 0.0313. The SMILES string of the molecule is NC(=O)CCn1ccc(CO)c1. The number of aromatic nitrogens is 1. The summed E-state index contributed by atoms with van der Waals surface area (Å²) in [6, 6.07) is 1.81. The number of hydrogen-bond donors (Lipinski definition) is 2. The molecule has 4 nitrogen and oxygen atoms in total. The van der Waals surface area contributed by atoms with E-state index in [0.29, 0.717) is 13.0 Å². The third-order valence-corrected chi connectivity index (χ3v) is 1.61. The van der Waals surface area contributed by atoms with Crippen molar-refractivity contribution in [2.24, 2.45) is 5.73 Å². The molecule has 1 heterocycles. The molecule has 0 unspecified atom stereocenters. The minimum Gasteiger partial charge on any atom is -0.392 e. The summed E-state index contributed by atoms with van der Waals surface area (Å²) in [6.07, 6.45) is 3.94. The molecule has 1 rings (SSSR count). The van der Waals surface area contributed by atoms with Gasteiger partial charge in [-0.1, -0.05) is 0 Å². The summed E-state index contributed by atoms with van der Waals surface area (Å²) in [7, 11) is 0. The molecule has 0 saturated carbocycles. The molecular weight excluding hydrogens is 156 g/mol. The Hall–Kier alpha value is -1.29. The van der Waals surface area contributed by atoms with Crippen molar-refractivity contribution >= 4 is 5.91 Å². The van der Waals surface area contributed by atoms with E-state index in [0.717, 1.165) is 5.56 Å². The quantitative estimate of drug-likeness (QED) is 0.656. The smallest absolute Gasteiger partial charge is 0.219 e. The zero-order chi connectivity index (χ0) is 8.97. The van der Waals surface area contributed by atoms with Crippen molar-refractivity contribution < 1.29 is 9.90 Å². The van der Waals surface area contributed by atoms with E-state index in [2.05, 4.69) is 0 Å². The van der Waals surface area contributed by atoms with Gasteiger partial charge in [-0.3, -0.25) is 4.79 Å². The predicted molar refractivity (Wildman–Crippen MR) is 44.2 cm³/mol. The largest absolute Gasteiger partial charge is 0.392 e. The van der Waals surface area contributed by atoms with Gasteiger partial charge < -0.3 is 15.4 Å². The molecule has 1 aromatic heterocycles. The molecule has 0 spiro atoms. The molecule has 1 aromatic rings. The molecule has 0 aliphatic heterocycles. The average molecular weight is 168 g/mol. The zero-order valence-electron chi connectivity index (χ0n) is 6.73. The highest BCUT2D eigenvalue weighted by Crippen LogP contribution is 2.01. The number of aliphatic hydroxyl groups is 1. The normalized spacial score (nSPS) is 10.1.